The average molecular weight is 1130 g/mol. The quantitative estimate of drug-likeness (QED) is 0.0195. The van der Waals surface area contributed by atoms with Crippen molar-refractivity contribution in [1.82, 2.24) is 0 Å². The van der Waals surface area contributed by atoms with Crippen LogP contribution in [0.25, 0.3) is 0 Å². The van der Waals surface area contributed by atoms with Crippen LogP contribution in [-0.2, 0) is 33.3 Å². The number of quaternary nitrogens is 1. The van der Waals surface area contributed by atoms with Gasteiger partial charge in [-0.15, -0.1) is 0 Å². The maximum absolute atomic E-state index is 12.9. The van der Waals surface area contributed by atoms with Gasteiger partial charge in [0.15, 0.2) is 12.4 Å². The summed E-state index contributed by atoms with van der Waals surface area (Å²) in [6.07, 6.45) is 81.9. The first-order valence-corrected chi connectivity index (χ1v) is 33.4. The summed E-state index contributed by atoms with van der Waals surface area (Å²) >= 11 is 0. The zero-order valence-electron chi connectivity index (χ0n) is 53.1. The zero-order chi connectivity index (χ0) is 59.1. The molecule has 0 aliphatic heterocycles. The Balaban J connectivity index is 4.21. The third kappa shape index (κ3) is 63.6. The minimum absolute atomic E-state index is 0.141. The van der Waals surface area contributed by atoms with Gasteiger partial charge in [-0.3, -0.25) is 9.59 Å². The molecule has 0 aromatic carbocycles. The Bertz CT molecular complexity index is 1650. The van der Waals surface area contributed by atoms with Crippen molar-refractivity contribution < 1.29 is 42.9 Å². The Kier molecular flexibility index (Phi) is 59.3. The summed E-state index contributed by atoms with van der Waals surface area (Å²) in [6.45, 7) is 4.64. The van der Waals surface area contributed by atoms with Gasteiger partial charge in [0, 0.05) is 12.8 Å². The number of carboxylic acids is 1. The lowest BCUT2D eigenvalue weighted by molar-refractivity contribution is -0.870. The van der Waals surface area contributed by atoms with Crippen molar-refractivity contribution in [3.05, 3.63) is 97.2 Å². The fraction of sp³-hybridized carbons (Fsp3) is 0.736. The molecule has 466 valence electrons. The van der Waals surface area contributed by atoms with E-state index in [0.717, 1.165) is 109 Å². The lowest BCUT2D eigenvalue weighted by atomic mass is 10.0. The number of rotatable bonds is 61. The SMILES string of the molecule is CC/C=C\C/C=C\C/C=C\C/C=C\C/C=C\C/C=C\C/C=C\C/C=C\CCCCCCCCC(=O)OC(COC(=O)CCCCCCCCCCCCCCCCCCCCCCCCCCC)COC(OCC[N+](C)(C)C)C(=O)[O-]. The number of allylic oxidation sites excluding steroid dienone is 16. The second-order valence-electron chi connectivity index (χ2n) is 23.4. The number of aliphatic carboxylic acids is 1. The number of hydrogen-bond donors (Lipinski definition) is 0. The van der Waals surface area contributed by atoms with Crippen LogP contribution < -0.4 is 5.11 Å². The lowest BCUT2D eigenvalue weighted by Crippen LogP contribution is -2.44. The van der Waals surface area contributed by atoms with Gasteiger partial charge in [-0.2, -0.15) is 0 Å². The van der Waals surface area contributed by atoms with Crippen LogP contribution in [0.2, 0.25) is 0 Å². The topological polar surface area (TPSA) is 111 Å². The number of likely N-dealkylation sites (N-methyl/N-ethyl adjacent to an activating group) is 1. The highest BCUT2D eigenvalue weighted by atomic mass is 16.7. The molecule has 0 rings (SSSR count). The molecule has 0 aliphatic rings. The van der Waals surface area contributed by atoms with E-state index in [-0.39, 0.29) is 38.6 Å². The molecule has 0 aromatic heterocycles. The predicted molar refractivity (Wildman–Crippen MR) is 343 cm³/mol. The number of hydrogen-bond acceptors (Lipinski definition) is 8. The third-order valence-corrected chi connectivity index (χ3v) is 14.3. The van der Waals surface area contributed by atoms with E-state index in [1.165, 1.54) is 141 Å². The average Bonchev–Trinajstić information content (AvgIpc) is 3.44. The Labute approximate surface area is 499 Å². The van der Waals surface area contributed by atoms with E-state index in [4.69, 9.17) is 18.9 Å². The minimum atomic E-state index is -1.63. The van der Waals surface area contributed by atoms with E-state index in [1.807, 2.05) is 21.1 Å². The normalized spacial score (nSPS) is 13.3. The van der Waals surface area contributed by atoms with Crippen LogP contribution in [0.3, 0.4) is 0 Å². The van der Waals surface area contributed by atoms with Gasteiger partial charge < -0.3 is 33.3 Å². The van der Waals surface area contributed by atoms with Crippen LogP contribution >= 0.6 is 0 Å². The van der Waals surface area contributed by atoms with Gasteiger partial charge in [-0.05, 0) is 77.0 Å². The Morgan fingerprint density at radius 2 is 0.704 bits per heavy atom. The highest BCUT2D eigenvalue weighted by molar-refractivity contribution is 5.70. The molecular weight excluding hydrogens is 1010 g/mol. The molecule has 0 heterocycles. The maximum atomic E-state index is 12.9. The van der Waals surface area contributed by atoms with E-state index >= 15 is 0 Å². The summed E-state index contributed by atoms with van der Waals surface area (Å²) in [6, 6.07) is 0. The van der Waals surface area contributed by atoms with E-state index in [9.17, 15) is 19.5 Å². The van der Waals surface area contributed by atoms with Crippen molar-refractivity contribution in [2.45, 2.75) is 296 Å². The van der Waals surface area contributed by atoms with Gasteiger partial charge in [0.2, 0.25) is 0 Å². The molecule has 9 nitrogen and oxygen atoms in total. The largest absolute Gasteiger partial charge is 0.545 e. The van der Waals surface area contributed by atoms with Gasteiger partial charge >= 0.3 is 11.9 Å². The molecule has 0 spiro atoms. The fourth-order valence-corrected chi connectivity index (χ4v) is 9.26. The molecule has 0 fully saturated rings. The van der Waals surface area contributed by atoms with Crippen LogP contribution in [0.4, 0.5) is 0 Å². The Morgan fingerprint density at radius 3 is 1.05 bits per heavy atom. The van der Waals surface area contributed by atoms with Crippen LogP contribution in [-0.4, -0.2) is 82.3 Å². The van der Waals surface area contributed by atoms with Crippen molar-refractivity contribution in [1.29, 1.82) is 0 Å². The summed E-state index contributed by atoms with van der Waals surface area (Å²) < 4.78 is 22.8. The molecule has 81 heavy (non-hydrogen) atoms. The summed E-state index contributed by atoms with van der Waals surface area (Å²) in [5.74, 6) is -2.30. The lowest BCUT2D eigenvalue weighted by Gasteiger charge is -2.26. The third-order valence-electron chi connectivity index (χ3n) is 14.3. The summed E-state index contributed by atoms with van der Waals surface area (Å²) in [7, 11) is 5.92. The van der Waals surface area contributed by atoms with Crippen molar-refractivity contribution in [2.75, 3.05) is 47.5 Å². The fourth-order valence-electron chi connectivity index (χ4n) is 9.26. The maximum Gasteiger partial charge on any atom is 0.306 e. The Morgan fingerprint density at radius 1 is 0.383 bits per heavy atom. The molecule has 9 heteroatoms. The number of ether oxygens (including phenoxy) is 4. The van der Waals surface area contributed by atoms with Gasteiger partial charge in [-0.1, -0.05) is 291 Å². The highest BCUT2D eigenvalue weighted by Crippen LogP contribution is 2.17. The second-order valence-corrected chi connectivity index (χ2v) is 23.4. The number of carboxylic acid groups (broad SMARTS) is 1. The molecule has 0 N–H and O–H groups in total. The number of nitrogens with zero attached hydrogens (tertiary/aromatic N) is 1. The van der Waals surface area contributed by atoms with E-state index in [0.29, 0.717) is 17.4 Å². The molecule has 0 amide bonds. The summed E-state index contributed by atoms with van der Waals surface area (Å²) in [5, 5.41) is 11.8. The first-order valence-electron chi connectivity index (χ1n) is 33.4. The monoisotopic (exact) mass is 1130 g/mol. The zero-order valence-corrected chi connectivity index (χ0v) is 53.1. The number of unbranched alkanes of at least 4 members (excludes halogenated alkanes) is 30. The molecule has 0 aliphatic carbocycles. The number of carbonyl (C=O) groups is 3. The van der Waals surface area contributed by atoms with E-state index in [2.05, 4.69) is 111 Å². The molecule has 2 unspecified atom stereocenters. The van der Waals surface area contributed by atoms with Crippen LogP contribution in [0.15, 0.2) is 97.2 Å². The molecule has 2 atom stereocenters. The first-order chi connectivity index (χ1) is 39.6. The minimum Gasteiger partial charge on any atom is -0.545 e. The molecule has 0 saturated heterocycles. The van der Waals surface area contributed by atoms with Gasteiger partial charge in [0.05, 0.1) is 40.3 Å². The smallest absolute Gasteiger partial charge is 0.306 e. The van der Waals surface area contributed by atoms with Crippen LogP contribution in [0.5, 0.6) is 0 Å². The van der Waals surface area contributed by atoms with Crippen molar-refractivity contribution in [2.24, 2.45) is 0 Å². The van der Waals surface area contributed by atoms with Gasteiger partial charge in [0.1, 0.15) is 13.2 Å². The van der Waals surface area contributed by atoms with Crippen LogP contribution in [0.1, 0.15) is 284 Å². The van der Waals surface area contributed by atoms with Crippen molar-refractivity contribution >= 4 is 17.9 Å². The molecular formula is C72H125NO8. The van der Waals surface area contributed by atoms with Crippen molar-refractivity contribution in [3.63, 3.8) is 0 Å². The standard InChI is InChI=1S/C72H125NO8/c1-6-8-10-12-14-16-18-20-22-24-26-28-30-32-33-34-35-36-37-39-41-43-45-47-49-51-53-55-57-59-61-63-70(75)81-68(67-80-72(71(76)77)78-65-64-73(3,4)5)66-79-69(74)62-60-58-56-54-52-50-48-46-44-42-40-38-31-29-27-25-23-21-19-17-15-13-11-9-7-2/h8,10,14,16,20,22,26,28,32-33,35-36,39,41,45,47,68,72H,6-7,9,11-13,15,17-19,21,23-25,27,29-31,34,37-38,40,42-44,46,48-67H2,1-5H3/b10-8-,16-14-,22-20-,28-26-,33-32-,36-35-,41-39-,47-45-. The van der Waals surface area contributed by atoms with Crippen LogP contribution in [0, 0.1) is 0 Å². The summed E-state index contributed by atoms with van der Waals surface area (Å²) in [4.78, 5) is 37.4. The Hall–Kier alpha value is -3.79. The molecule has 0 radical (unpaired) electrons. The second kappa shape index (κ2) is 62.3. The molecule has 0 bridgehead atoms. The molecule has 0 aromatic rings. The number of carbonyl (C=O) groups excluding carboxylic acids is 3. The van der Waals surface area contributed by atoms with E-state index in [1.54, 1.807) is 0 Å². The van der Waals surface area contributed by atoms with Gasteiger partial charge in [-0.25, -0.2) is 0 Å². The predicted octanol–water partition coefficient (Wildman–Crippen LogP) is 19.1. The first kappa shape index (κ1) is 77.2. The highest BCUT2D eigenvalue weighted by Gasteiger charge is 2.22. The summed E-state index contributed by atoms with van der Waals surface area (Å²) in [5.41, 5.74) is 0. The van der Waals surface area contributed by atoms with E-state index < -0.39 is 24.3 Å². The van der Waals surface area contributed by atoms with Gasteiger partial charge in [0.25, 0.3) is 0 Å². The van der Waals surface area contributed by atoms with Crippen molar-refractivity contribution in [3.8, 4) is 0 Å². The number of esters is 2. The molecule has 0 saturated carbocycles.